The molecule has 0 fully saturated rings. The van der Waals surface area contributed by atoms with Crippen LogP contribution < -0.4 is 11.1 Å². The minimum atomic E-state index is -0.717. The van der Waals surface area contributed by atoms with Crippen molar-refractivity contribution >= 4 is 27.5 Å². The lowest BCUT2D eigenvalue weighted by Gasteiger charge is -2.12. The van der Waals surface area contributed by atoms with Gasteiger partial charge < -0.3 is 11.1 Å². The Hall–Kier alpha value is -1.01. The summed E-state index contributed by atoms with van der Waals surface area (Å²) in [5.74, 6) is -1.88. The molecular weight excluding hydrogens is 294 g/mol. The molecule has 17 heavy (non-hydrogen) atoms. The van der Waals surface area contributed by atoms with Crippen LogP contribution in [0.4, 0.5) is 14.5 Å². The lowest BCUT2D eigenvalue weighted by molar-refractivity contribution is -0.117. The summed E-state index contributed by atoms with van der Waals surface area (Å²) >= 11 is 2.85. The van der Waals surface area contributed by atoms with Crippen LogP contribution in [0.15, 0.2) is 16.6 Å². The molecule has 0 aliphatic heterocycles. The monoisotopic (exact) mass is 306 g/mol. The van der Waals surface area contributed by atoms with E-state index < -0.39 is 23.6 Å². The van der Waals surface area contributed by atoms with E-state index in [-0.39, 0.29) is 10.2 Å². The third kappa shape index (κ3) is 3.74. The van der Waals surface area contributed by atoms with Gasteiger partial charge in [-0.15, -0.1) is 0 Å². The molecule has 0 spiro atoms. The van der Waals surface area contributed by atoms with Gasteiger partial charge in [0.2, 0.25) is 5.91 Å². The highest BCUT2D eigenvalue weighted by Crippen LogP contribution is 2.23. The van der Waals surface area contributed by atoms with Crippen LogP contribution >= 0.6 is 15.9 Å². The molecule has 3 N–H and O–H groups in total. The Labute approximate surface area is 107 Å². The van der Waals surface area contributed by atoms with Crippen molar-refractivity contribution in [1.29, 1.82) is 0 Å². The van der Waals surface area contributed by atoms with Crippen molar-refractivity contribution < 1.29 is 13.6 Å². The normalized spacial score (nSPS) is 12.3. The Bertz CT molecular complexity index is 426. The molecule has 6 heteroatoms. The van der Waals surface area contributed by atoms with Crippen LogP contribution in [0, 0.1) is 11.6 Å². The van der Waals surface area contributed by atoms with Crippen molar-refractivity contribution in [3.63, 3.8) is 0 Å². The minimum Gasteiger partial charge on any atom is -0.322 e. The van der Waals surface area contributed by atoms with Gasteiger partial charge in [0.1, 0.15) is 11.6 Å². The first kappa shape index (κ1) is 14.1. The van der Waals surface area contributed by atoms with E-state index in [0.29, 0.717) is 6.42 Å². The van der Waals surface area contributed by atoms with E-state index in [1.54, 1.807) is 0 Å². The summed E-state index contributed by atoms with van der Waals surface area (Å²) in [7, 11) is 0. The Morgan fingerprint density at radius 3 is 2.71 bits per heavy atom. The molecule has 0 aliphatic rings. The summed E-state index contributed by atoms with van der Waals surface area (Å²) in [6.07, 6.45) is 1.23. The van der Waals surface area contributed by atoms with Gasteiger partial charge in [-0.3, -0.25) is 4.79 Å². The molecule has 0 saturated heterocycles. The molecule has 3 nitrogen and oxygen atoms in total. The summed E-state index contributed by atoms with van der Waals surface area (Å²) in [4.78, 5) is 11.5. The van der Waals surface area contributed by atoms with E-state index in [1.807, 2.05) is 6.92 Å². The Kier molecular flexibility index (Phi) is 5.02. The SMILES string of the molecule is CCCC(N)C(=O)Nc1cc(F)c(Br)cc1F. The maximum atomic E-state index is 13.4. The molecule has 0 aliphatic carbocycles. The van der Waals surface area contributed by atoms with Gasteiger partial charge in [-0.05, 0) is 28.4 Å². The topological polar surface area (TPSA) is 55.1 Å². The molecule has 0 saturated carbocycles. The average Bonchev–Trinajstić information content (AvgIpc) is 2.26. The number of nitrogens with two attached hydrogens (primary N) is 1. The molecule has 1 aromatic carbocycles. The van der Waals surface area contributed by atoms with E-state index in [2.05, 4.69) is 21.2 Å². The maximum absolute atomic E-state index is 13.4. The second kappa shape index (κ2) is 6.07. The van der Waals surface area contributed by atoms with Crippen LogP contribution in [0.3, 0.4) is 0 Å². The van der Waals surface area contributed by atoms with Gasteiger partial charge in [0.25, 0.3) is 0 Å². The number of halogens is 3. The number of anilines is 1. The Morgan fingerprint density at radius 1 is 1.47 bits per heavy atom. The summed E-state index contributed by atoms with van der Waals surface area (Å²) < 4.78 is 26.6. The van der Waals surface area contributed by atoms with Crippen LogP contribution in [0.2, 0.25) is 0 Å². The Balaban J connectivity index is 2.81. The van der Waals surface area contributed by atoms with Gasteiger partial charge in [0, 0.05) is 6.07 Å². The first-order valence-corrected chi connectivity index (χ1v) is 5.96. The van der Waals surface area contributed by atoms with Crippen LogP contribution in [-0.2, 0) is 4.79 Å². The van der Waals surface area contributed by atoms with E-state index in [1.165, 1.54) is 0 Å². The summed E-state index contributed by atoms with van der Waals surface area (Å²) in [5, 5.41) is 2.26. The largest absolute Gasteiger partial charge is 0.322 e. The van der Waals surface area contributed by atoms with Gasteiger partial charge in [0.05, 0.1) is 16.2 Å². The maximum Gasteiger partial charge on any atom is 0.241 e. The highest BCUT2D eigenvalue weighted by atomic mass is 79.9. The fourth-order valence-electron chi connectivity index (χ4n) is 1.29. The number of carbonyl (C=O) groups is 1. The molecule has 1 amide bonds. The lowest BCUT2D eigenvalue weighted by atomic mass is 10.1. The van der Waals surface area contributed by atoms with Crippen molar-refractivity contribution in [3.05, 3.63) is 28.2 Å². The smallest absolute Gasteiger partial charge is 0.241 e. The van der Waals surface area contributed by atoms with Gasteiger partial charge in [0.15, 0.2) is 0 Å². The number of rotatable bonds is 4. The summed E-state index contributed by atoms with van der Waals surface area (Å²) in [6.45, 7) is 1.88. The fourth-order valence-corrected chi connectivity index (χ4v) is 1.60. The molecule has 1 aromatic rings. The van der Waals surface area contributed by atoms with Crippen LogP contribution in [-0.4, -0.2) is 11.9 Å². The van der Waals surface area contributed by atoms with E-state index in [9.17, 15) is 13.6 Å². The molecule has 0 aromatic heterocycles. The number of benzene rings is 1. The molecule has 94 valence electrons. The summed E-state index contributed by atoms with van der Waals surface area (Å²) in [6, 6.07) is 1.15. The predicted molar refractivity (Wildman–Crippen MR) is 65.6 cm³/mol. The quantitative estimate of drug-likeness (QED) is 0.840. The van der Waals surface area contributed by atoms with Crippen molar-refractivity contribution in [2.24, 2.45) is 5.73 Å². The van der Waals surface area contributed by atoms with Gasteiger partial charge in [-0.2, -0.15) is 0 Å². The van der Waals surface area contributed by atoms with Gasteiger partial charge >= 0.3 is 0 Å². The van der Waals surface area contributed by atoms with Crippen molar-refractivity contribution in [2.45, 2.75) is 25.8 Å². The molecule has 0 radical (unpaired) electrons. The van der Waals surface area contributed by atoms with Crippen molar-refractivity contribution in [3.8, 4) is 0 Å². The van der Waals surface area contributed by atoms with E-state index >= 15 is 0 Å². The third-order valence-electron chi connectivity index (χ3n) is 2.20. The molecule has 0 heterocycles. The summed E-state index contributed by atoms with van der Waals surface area (Å²) in [5.41, 5.74) is 5.35. The molecule has 1 atom stereocenters. The highest BCUT2D eigenvalue weighted by Gasteiger charge is 2.15. The van der Waals surface area contributed by atoms with E-state index in [0.717, 1.165) is 18.6 Å². The molecule has 0 bridgehead atoms. The standard InChI is InChI=1S/C11H13BrF2N2O/c1-2-3-9(15)11(17)16-10-5-7(13)6(12)4-8(10)14/h4-5,9H,2-3,15H2,1H3,(H,16,17). The third-order valence-corrected chi connectivity index (χ3v) is 2.81. The van der Waals surface area contributed by atoms with Gasteiger partial charge in [-0.25, -0.2) is 8.78 Å². The molecule has 1 unspecified atom stereocenters. The Morgan fingerprint density at radius 2 is 2.12 bits per heavy atom. The van der Waals surface area contributed by atoms with Crippen molar-refractivity contribution in [2.75, 3.05) is 5.32 Å². The van der Waals surface area contributed by atoms with Crippen LogP contribution in [0.5, 0.6) is 0 Å². The minimum absolute atomic E-state index is 0.00542. The van der Waals surface area contributed by atoms with Crippen LogP contribution in [0.1, 0.15) is 19.8 Å². The van der Waals surface area contributed by atoms with Gasteiger partial charge in [-0.1, -0.05) is 13.3 Å². The second-order valence-electron chi connectivity index (χ2n) is 3.63. The zero-order valence-corrected chi connectivity index (χ0v) is 10.9. The first-order chi connectivity index (χ1) is 7.95. The van der Waals surface area contributed by atoms with E-state index in [4.69, 9.17) is 5.73 Å². The number of hydrogen-bond donors (Lipinski definition) is 2. The zero-order valence-electron chi connectivity index (χ0n) is 9.27. The first-order valence-electron chi connectivity index (χ1n) is 5.16. The number of hydrogen-bond acceptors (Lipinski definition) is 2. The average molecular weight is 307 g/mol. The fraction of sp³-hybridized carbons (Fsp3) is 0.364. The molecular formula is C11H13BrF2N2O. The van der Waals surface area contributed by atoms with Crippen molar-refractivity contribution in [1.82, 2.24) is 0 Å². The number of nitrogens with one attached hydrogen (secondary N) is 1. The predicted octanol–water partition coefficient (Wildman–Crippen LogP) is 2.79. The lowest BCUT2D eigenvalue weighted by Crippen LogP contribution is -2.35. The molecule has 1 rings (SSSR count). The highest BCUT2D eigenvalue weighted by molar-refractivity contribution is 9.10. The zero-order chi connectivity index (χ0) is 13.0. The second-order valence-corrected chi connectivity index (χ2v) is 4.48. The number of amides is 1. The number of carbonyl (C=O) groups excluding carboxylic acids is 1. The van der Waals surface area contributed by atoms with Crippen LogP contribution in [0.25, 0.3) is 0 Å².